The minimum atomic E-state index is 0.0127. The first kappa shape index (κ1) is 23.0. The van der Waals surface area contributed by atoms with Crippen LogP contribution in [0.4, 0.5) is 0 Å². The second kappa shape index (κ2) is 11.7. The van der Waals surface area contributed by atoms with Crippen LogP contribution in [0, 0.1) is 11.3 Å². The molecule has 1 aromatic rings. The minimum absolute atomic E-state index is 0.0127. The molecule has 2 saturated heterocycles. The Morgan fingerprint density at radius 1 is 1.20 bits per heavy atom. The monoisotopic (exact) mass is 416 g/mol. The topological polar surface area (TPSA) is 69.1 Å². The molecule has 2 aliphatic heterocycles. The van der Waals surface area contributed by atoms with Gasteiger partial charge in [-0.05, 0) is 62.7 Å². The molecule has 1 atom stereocenters. The molecule has 0 aliphatic carbocycles. The highest BCUT2D eigenvalue weighted by molar-refractivity contribution is 5.79. The number of rotatable bonds is 9. The predicted octanol–water partition coefficient (Wildman–Crippen LogP) is 2.76. The van der Waals surface area contributed by atoms with E-state index in [1.807, 2.05) is 0 Å². The van der Waals surface area contributed by atoms with E-state index in [0.717, 1.165) is 51.0 Å². The summed E-state index contributed by atoms with van der Waals surface area (Å²) < 4.78 is 5.59. The number of piperidine rings is 1. The number of hydrogen-bond donors (Lipinski definition) is 3. The van der Waals surface area contributed by atoms with E-state index >= 15 is 0 Å². The van der Waals surface area contributed by atoms with Crippen molar-refractivity contribution < 1.29 is 9.84 Å². The van der Waals surface area contributed by atoms with Crippen LogP contribution >= 0.6 is 0 Å². The Morgan fingerprint density at radius 3 is 2.57 bits per heavy atom. The summed E-state index contributed by atoms with van der Waals surface area (Å²) in [5.74, 6) is 1.70. The van der Waals surface area contributed by atoms with Gasteiger partial charge in [-0.3, -0.25) is 4.90 Å². The summed E-state index contributed by atoms with van der Waals surface area (Å²) in [7, 11) is 0. The van der Waals surface area contributed by atoms with Crippen LogP contribution in [0.2, 0.25) is 0 Å². The number of benzene rings is 1. The molecule has 30 heavy (non-hydrogen) atoms. The van der Waals surface area contributed by atoms with Gasteiger partial charge in [0.05, 0.1) is 13.2 Å². The number of aliphatic imine (C=N–C) groups is 1. The van der Waals surface area contributed by atoms with Crippen LogP contribution < -0.4 is 10.6 Å². The van der Waals surface area contributed by atoms with Crippen LogP contribution in [0.1, 0.15) is 50.7 Å². The van der Waals surface area contributed by atoms with Crippen molar-refractivity contribution in [1.29, 1.82) is 0 Å². The molecule has 0 saturated carbocycles. The molecule has 1 aromatic carbocycles. The van der Waals surface area contributed by atoms with Crippen molar-refractivity contribution in [3.8, 4) is 0 Å². The summed E-state index contributed by atoms with van der Waals surface area (Å²) in [6, 6.07) is 8.89. The molecule has 0 amide bonds. The Hall–Kier alpha value is -1.63. The van der Waals surface area contributed by atoms with Gasteiger partial charge < -0.3 is 20.5 Å². The second-order valence-corrected chi connectivity index (χ2v) is 9.10. The highest BCUT2D eigenvalue weighted by Gasteiger charge is 2.34. The molecule has 2 aliphatic rings. The first-order chi connectivity index (χ1) is 14.6. The summed E-state index contributed by atoms with van der Waals surface area (Å²) in [4.78, 5) is 7.34. The third-order valence-corrected chi connectivity index (χ3v) is 6.53. The van der Waals surface area contributed by atoms with Gasteiger partial charge >= 0.3 is 0 Å². The molecule has 0 bridgehead atoms. The van der Waals surface area contributed by atoms with Crippen molar-refractivity contribution in [2.24, 2.45) is 16.3 Å². The molecule has 2 heterocycles. The average Bonchev–Trinajstić information content (AvgIpc) is 3.22. The van der Waals surface area contributed by atoms with Gasteiger partial charge in [0.2, 0.25) is 0 Å². The Balaban J connectivity index is 1.51. The van der Waals surface area contributed by atoms with E-state index in [4.69, 9.17) is 9.73 Å². The first-order valence-corrected chi connectivity index (χ1v) is 11.6. The van der Waals surface area contributed by atoms with Gasteiger partial charge in [-0.1, -0.05) is 31.2 Å². The fourth-order valence-electron chi connectivity index (χ4n) is 4.32. The van der Waals surface area contributed by atoms with Crippen molar-refractivity contribution in [2.75, 3.05) is 46.0 Å². The van der Waals surface area contributed by atoms with E-state index < -0.39 is 0 Å². The Labute approximate surface area is 182 Å². The fourth-order valence-corrected chi connectivity index (χ4v) is 4.32. The predicted molar refractivity (Wildman–Crippen MR) is 123 cm³/mol. The summed E-state index contributed by atoms with van der Waals surface area (Å²) >= 11 is 0. The maximum Gasteiger partial charge on any atom is 0.191 e. The van der Waals surface area contributed by atoms with Gasteiger partial charge in [0, 0.05) is 38.3 Å². The molecule has 0 aromatic heterocycles. The lowest BCUT2D eigenvalue weighted by Crippen LogP contribution is -2.44. The molecule has 3 rings (SSSR count). The third kappa shape index (κ3) is 6.96. The number of aliphatic hydroxyl groups excluding tert-OH is 1. The van der Waals surface area contributed by atoms with Gasteiger partial charge in [-0.2, -0.15) is 0 Å². The van der Waals surface area contributed by atoms with Crippen molar-refractivity contribution in [3.63, 3.8) is 0 Å². The van der Waals surface area contributed by atoms with Gasteiger partial charge in [0.25, 0.3) is 0 Å². The SMILES string of the molecule is CCNC(=NCc1ccc(CN2CCC(C)CC2)cc1)NCC1(CCO)CCOC1. The lowest BCUT2D eigenvalue weighted by atomic mass is 9.84. The zero-order chi connectivity index (χ0) is 21.2. The van der Waals surface area contributed by atoms with Gasteiger partial charge in [0.1, 0.15) is 0 Å². The van der Waals surface area contributed by atoms with Crippen molar-refractivity contribution in [1.82, 2.24) is 15.5 Å². The van der Waals surface area contributed by atoms with E-state index in [2.05, 4.69) is 53.6 Å². The molecular formula is C24H40N4O2. The number of hydrogen-bond acceptors (Lipinski definition) is 4. The van der Waals surface area contributed by atoms with E-state index in [1.54, 1.807) is 0 Å². The minimum Gasteiger partial charge on any atom is -0.396 e. The molecule has 2 fully saturated rings. The van der Waals surface area contributed by atoms with Gasteiger partial charge in [0.15, 0.2) is 5.96 Å². The van der Waals surface area contributed by atoms with Gasteiger partial charge in [-0.25, -0.2) is 4.99 Å². The number of ether oxygens (including phenoxy) is 1. The number of nitrogens with one attached hydrogen (secondary N) is 2. The van der Waals surface area contributed by atoms with E-state index in [0.29, 0.717) is 13.2 Å². The summed E-state index contributed by atoms with van der Waals surface area (Å²) in [5, 5.41) is 16.2. The first-order valence-electron chi connectivity index (χ1n) is 11.6. The normalized spacial score (nSPS) is 23.6. The zero-order valence-corrected chi connectivity index (χ0v) is 18.8. The highest BCUT2D eigenvalue weighted by Crippen LogP contribution is 2.31. The molecule has 1 unspecified atom stereocenters. The maximum atomic E-state index is 9.42. The van der Waals surface area contributed by atoms with Crippen LogP contribution in [0.25, 0.3) is 0 Å². The number of guanidine groups is 1. The maximum absolute atomic E-state index is 9.42. The van der Waals surface area contributed by atoms with Crippen LogP contribution in [0.3, 0.4) is 0 Å². The van der Waals surface area contributed by atoms with Gasteiger partial charge in [-0.15, -0.1) is 0 Å². The van der Waals surface area contributed by atoms with Crippen molar-refractivity contribution in [3.05, 3.63) is 35.4 Å². The average molecular weight is 417 g/mol. The lowest BCUT2D eigenvalue weighted by Gasteiger charge is -2.30. The molecule has 6 nitrogen and oxygen atoms in total. The summed E-state index contributed by atoms with van der Waals surface area (Å²) in [6.45, 7) is 11.8. The number of aliphatic hydroxyl groups is 1. The zero-order valence-electron chi connectivity index (χ0n) is 18.8. The Morgan fingerprint density at radius 2 is 1.93 bits per heavy atom. The van der Waals surface area contributed by atoms with E-state index in [-0.39, 0.29) is 12.0 Å². The fraction of sp³-hybridized carbons (Fsp3) is 0.708. The van der Waals surface area contributed by atoms with Crippen LogP contribution in [0.15, 0.2) is 29.3 Å². The molecule has 6 heteroatoms. The quantitative estimate of drug-likeness (QED) is 0.427. The Bertz CT molecular complexity index is 648. The lowest BCUT2D eigenvalue weighted by molar-refractivity contribution is 0.127. The molecule has 0 radical (unpaired) electrons. The Kier molecular flexibility index (Phi) is 8.97. The highest BCUT2D eigenvalue weighted by atomic mass is 16.5. The summed E-state index contributed by atoms with van der Waals surface area (Å²) in [5.41, 5.74) is 2.62. The second-order valence-electron chi connectivity index (χ2n) is 9.10. The molecular weight excluding hydrogens is 376 g/mol. The standard InChI is InChI=1S/C24H40N4O2/c1-3-25-23(27-18-24(10-14-29)11-15-30-19-24)26-16-21-4-6-22(7-5-21)17-28-12-8-20(2)9-13-28/h4-7,20,29H,3,8-19H2,1-2H3,(H2,25,26,27). The third-order valence-electron chi connectivity index (χ3n) is 6.53. The number of likely N-dealkylation sites (tertiary alicyclic amines) is 1. The van der Waals surface area contributed by atoms with Crippen LogP contribution in [-0.2, 0) is 17.8 Å². The summed E-state index contributed by atoms with van der Waals surface area (Å²) in [6.07, 6.45) is 4.38. The van der Waals surface area contributed by atoms with Crippen molar-refractivity contribution in [2.45, 2.75) is 52.6 Å². The molecule has 0 spiro atoms. The van der Waals surface area contributed by atoms with Crippen LogP contribution in [0.5, 0.6) is 0 Å². The largest absolute Gasteiger partial charge is 0.396 e. The van der Waals surface area contributed by atoms with E-state index in [1.165, 1.54) is 37.1 Å². The smallest absolute Gasteiger partial charge is 0.191 e. The van der Waals surface area contributed by atoms with Crippen LogP contribution in [-0.4, -0.2) is 62.0 Å². The molecule has 168 valence electrons. The number of nitrogens with zero attached hydrogens (tertiary/aromatic N) is 2. The van der Waals surface area contributed by atoms with Crippen molar-refractivity contribution >= 4 is 5.96 Å². The van der Waals surface area contributed by atoms with E-state index in [9.17, 15) is 5.11 Å². The molecule has 3 N–H and O–H groups in total.